The number of amides is 3. The second-order valence-electron chi connectivity index (χ2n) is 5.50. The summed E-state index contributed by atoms with van der Waals surface area (Å²) in [6, 6.07) is 5.71. The number of phenols is 2. The van der Waals surface area contributed by atoms with Crippen LogP contribution in [0.3, 0.4) is 0 Å². The molecule has 0 saturated heterocycles. The Balaban J connectivity index is 2.13. The van der Waals surface area contributed by atoms with E-state index in [4.69, 9.17) is 28.3 Å². The van der Waals surface area contributed by atoms with Gasteiger partial charge in [0.1, 0.15) is 12.3 Å². The topological polar surface area (TPSA) is 165 Å². The van der Waals surface area contributed by atoms with Gasteiger partial charge in [-0.05, 0) is 30.3 Å². The van der Waals surface area contributed by atoms with Crippen molar-refractivity contribution in [2.75, 3.05) is 17.2 Å². The summed E-state index contributed by atoms with van der Waals surface area (Å²) in [4.78, 5) is 46.5. The Kier molecular flexibility index (Phi) is 6.86. The molecule has 152 valence electrons. The van der Waals surface area contributed by atoms with Crippen molar-refractivity contribution in [3.63, 3.8) is 0 Å². The first-order valence-corrected chi connectivity index (χ1v) is 8.47. The second kappa shape index (κ2) is 9.13. The quantitative estimate of drug-likeness (QED) is 0.303. The number of rotatable bonds is 5. The van der Waals surface area contributed by atoms with Gasteiger partial charge in [-0.25, -0.2) is 0 Å². The molecule has 0 aromatic heterocycles. The van der Waals surface area contributed by atoms with E-state index in [1.165, 1.54) is 18.2 Å². The lowest BCUT2D eigenvalue weighted by Crippen LogP contribution is -2.30. The summed E-state index contributed by atoms with van der Waals surface area (Å²) in [5, 5.41) is 34.5. The molecule has 6 N–H and O–H groups in total. The third-order valence-electron chi connectivity index (χ3n) is 3.39. The molecule has 0 radical (unpaired) electrons. The zero-order valence-corrected chi connectivity index (χ0v) is 15.8. The fraction of sp³-hybridized carbons (Fsp3) is 0.0588. The van der Waals surface area contributed by atoms with Crippen LogP contribution in [0.1, 0.15) is 10.4 Å². The SMILES string of the molecule is O=C(O)CNC(=O)c1ccc(O)c(NC(=O)C(=O)Nc2cc(Cl)cc(Cl)c2O)c1. The Hall–Kier alpha value is -3.50. The summed E-state index contributed by atoms with van der Waals surface area (Å²) in [6.07, 6.45) is 0. The average molecular weight is 442 g/mol. The van der Waals surface area contributed by atoms with E-state index >= 15 is 0 Å². The van der Waals surface area contributed by atoms with Gasteiger partial charge in [-0.15, -0.1) is 0 Å². The molecule has 0 bridgehead atoms. The minimum Gasteiger partial charge on any atom is -0.506 e. The third-order valence-corrected chi connectivity index (χ3v) is 3.90. The van der Waals surface area contributed by atoms with Crippen molar-refractivity contribution >= 4 is 58.3 Å². The van der Waals surface area contributed by atoms with E-state index in [1.807, 2.05) is 0 Å². The molecule has 0 heterocycles. The number of benzene rings is 2. The van der Waals surface area contributed by atoms with Gasteiger partial charge >= 0.3 is 17.8 Å². The normalized spacial score (nSPS) is 10.1. The lowest BCUT2D eigenvalue weighted by molar-refractivity contribution is -0.135. The fourth-order valence-electron chi connectivity index (χ4n) is 2.05. The summed E-state index contributed by atoms with van der Waals surface area (Å²) in [5.74, 6) is -5.44. The highest BCUT2D eigenvalue weighted by Gasteiger charge is 2.19. The number of carboxylic acid groups (broad SMARTS) is 1. The number of carbonyl (C=O) groups excluding carboxylic acids is 3. The molecule has 0 saturated carbocycles. The predicted octanol–water partition coefficient (Wildman–Crippen LogP) is 1.80. The van der Waals surface area contributed by atoms with Gasteiger partial charge in [-0.1, -0.05) is 23.2 Å². The van der Waals surface area contributed by atoms with E-state index in [2.05, 4.69) is 16.0 Å². The molecule has 0 aliphatic heterocycles. The molecule has 3 amide bonds. The molecule has 0 fully saturated rings. The maximum absolute atomic E-state index is 12.1. The minimum atomic E-state index is -1.26. The van der Waals surface area contributed by atoms with Crippen LogP contribution in [0.5, 0.6) is 11.5 Å². The fourth-order valence-corrected chi connectivity index (χ4v) is 2.55. The maximum Gasteiger partial charge on any atom is 0.322 e. The van der Waals surface area contributed by atoms with Gasteiger partial charge in [0.2, 0.25) is 0 Å². The summed E-state index contributed by atoms with van der Waals surface area (Å²) in [6.45, 7) is -0.629. The monoisotopic (exact) mass is 441 g/mol. The Bertz CT molecular complexity index is 1010. The van der Waals surface area contributed by atoms with Gasteiger partial charge in [-0.2, -0.15) is 0 Å². The van der Waals surface area contributed by atoms with E-state index in [0.29, 0.717) is 0 Å². The lowest BCUT2D eigenvalue weighted by Gasteiger charge is -2.11. The van der Waals surface area contributed by atoms with Gasteiger partial charge in [0.15, 0.2) is 5.75 Å². The Morgan fingerprint density at radius 1 is 0.897 bits per heavy atom. The number of aliphatic carboxylic acids is 1. The number of hydrogen-bond acceptors (Lipinski definition) is 6. The van der Waals surface area contributed by atoms with Crippen LogP contribution in [0.15, 0.2) is 30.3 Å². The molecule has 0 aliphatic rings. The van der Waals surface area contributed by atoms with Crippen molar-refractivity contribution in [3.8, 4) is 11.5 Å². The number of phenolic OH excluding ortho intramolecular Hbond substituents is 2. The van der Waals surface area contributed by atoms with E-state index in [9.17, 15) is 29.4 Å². The molecule has 0 unspecified atom stereocenters. The first-order valence-electron chi connectivity index (χ1n) is 7.72. The Labute approximate surface area is 173 Å². The van der Waals surface area contributed by atoms with Crippen LogP contribution < -0.4 is 16.0 Å². The number of carboxylic acids is 1. The van der Waals surface area contributed by atoms with E-state index in [-0.39, 0.29) is 27.0 Å². The van der Waals surface area contributed by atoms with Gasteiger partial charge in [0, 0.05) is 10.6 Å². The molecule has 0 aliphatic carbocycles. The van der Waals surface area contributed by atoms with Crippen molar-refractivity contribution in [1.82, 2.24) is 5.32 Å². The zero-order valence-electron chi connectivity index (χ0n) is 14.3. The molecular weight excluding hydrogens is 429 g/mol. The first kappa shape index (κ1) is 21.8. The summed E-state index contributed by atoms with van der Waals surface area (Å²) < 4.78 is 0. The van der Waals surface area contributed by atoms with Crippen LogP contribution in [0.4, 0.5) is 11.4 Å². The predicted molar refractivity (Wildman–Crippen MR) is 103 cm³/mol. The highest BCUT2D eigenvalue weighted by atomic mass is 35.5. The highest BCUT2D eigenvalue weighted by Crippen LogP contribution is 2.35. The van der Waals surface area contributed by atoms with Crippen LogP contribution in [0.25, 0.3) is 0 Å². The number of aromatic hydroxyl groups is 2. The van der Waals surface area contributed by atoms with Crippen LogP contribution in [0, 0.1) is 0 Å². The smallest absolute Gasteiger partial charge is 0.322 e. The molecule has 0 spiro atoms. The minimum absolute atomic E-state index is 0.0703. The van der Waals surface area contributed by atoms with Crippen LogP contribution in [0.2, 0.25) is 10.0 Å². The second-order valence-corrected chi connectivity index (χ2v) is 6.34. The summed E-state index contributed by atoms with van der Waals surface area (Å²) >= 11 is 11.5. The van der Waals surface area contributed by atoms with E-state index < -0.39 is 41.7 Å². The Morgan fingerprint density at radius 2 is 1.52 bits per heavy atom. The standard InChI is InChI=1S/C17H13Cl2N3O7/c18-8-4-9(19)14(26)11(5-8)22-17(29)16(28)21-10-3-7(1-2-12(10)23)15(27)20-6-13(24)25/h1-5,23,26H,6H2,(H,20,27)(H,21,28)(H,22,29)(H,24,25). The van der Waals surface area contributed by atoms with Gasteiger partial charge < -0.3 is 31.3 Å². The number of anilines is 2. The van der Waals surface area contributed by atoms with E-state index in [0.717, 1.165) is 12.1 Å². The molecular formula is C17H13Cl2N3O7. The van der Waals surface area contributed by atoms with Crippen molar-refractivity contribution in [3.05, 3.63) is 45.9 Å². The molecule has 12 heteroatoms. The maximum atomic E-state index is 12.1. The average Bonchev–Trinajstić information content (AvgIpc) is 2.65. The number of halogens is 2. The molecule has 2 aromatic carbocycles. The molecule has 0 atom stereocenters. The number of hydrogen-bond donors (Lipinski definition) is 6. The van der Waals surface area contributed by atoms with Crippen molar-refractivity contribution in [2.45, 2.75) is 0 Å². The molecule has 10 nitrogen and oxygen atoms in total. The number of carbonyl (C=O) groups is 4. The third kappa shape index (κ3) is 5.74. The van der Waals surface area contributed by atoms with Crippen LogP contribution >= 0.6 is 23.2 Å². The van der Waals surface area contributed by atoms with Crippen molar-refractivity contribution in [1.29, 1.82) is 0 Å². The number of nitrogens with one attached hydrogen (secondary N) is 3. The van der Waals surface area contributed by atoms with Gasteiger partial charge in [0.05, 0.1) is 16.4 Å². The molecule has 2 rings (SSSR count). The van der Waals surface area contributed by atoms with Crippen molar-refractivity contribution < 1.29 is 34.5 Å². The molecule has 2 aromatic rings. The largest absolute Gasteiger partial charge is 0.506 e. The summed E-state index contributed by atoms with van der Waals surface area (Å²) in [7, 11) is 0. The van der Waals surface area contributed by atoms with Gasteiger partial charge in [-0.3, -0.25) is 19.2 Å². The Morgan fingerprint density at radius 3 is 2.14 bits per heavy atom. The van der Waals surface area contributed by atoms with Crippen LogP contribution in [-0.2, 0) is 14.4 Å². The summed E-state index contributed by atoms with van der Waals surface area (Å²) in [5.41, 5.74) is -0.561. The highest BCUT2D eigenvalue weighted by molar-refractivity contribution is 6.44. The molecule has 29 heavy (non-hydrogen) atoms. The van der Waals surface area contributed by atoms with Crippen molar-refractivity contribution in [2.24, 2.45) is 0 Å². The zero-order chi connectivity index (χ0) is 21.7. The van der Waals surface area contributed by atoms with Crippen LogP contribution in [-0.4, -0.2) is 45.6 Å². The first-order chi connectivity index (χ1) is 13.6. The lowest BCUT2D eigenvalue weighted by atomic mass is 10.1. The van der Waals surface area contributed by atoms with E-state index in [1.54, 1.807) is 0 Å². The van der Waals surface area contributed by atoms with Gasteiger partial charge in [0.25, 0.3) is 5.91 Å².